The molecule has 6 rings (SSSR count). The zero-order valence-corrected chi connectivity index (χ0v) is 19.3. The summed E-state index contributed by atoms with van der Waals surface area (Å²) in [4.78, 5) is 4.51. The van der Waals surface area contributed by atoms with Crippen molar-refractivity contribution < 1.29 is 9.59 Å². The summed E-state index contributed by atoms with van der Waals surface area (Å²) < 4.78 is 2.26. The fourth-order valence-corrected chi connectivity index (χ4v) is 6.49. The number of para-hydroxylation sites is 1. The first-order chi connectivity index (χ1) is 14.6. The number of halogens is 1. The van der Waals surface area contributed by atoms with Crippen molar-refractivity contribution in [3.63, 3.8) is 0 Å². The second-order valence-electron chi connectivity index (χ2n) is 8.99. The molecule has 4 heteroatoms. The molecule has 1 N–H and O–H groups in total. The molecular formula is C26H28IN2O+. The molecule has 3 fully saturated rings. The van der Waals surface area contributed by atoms with Crippen LogP contribution < -0.4 is 0 Å². The Labute approximate surface area is 192 Å². The third kappa shape index (κ3) is 3.39. The van der Waals surface area contributed by atoms with E-state index in [1.807, 2.05) is 30.5 Å². The van der Waals surface area contributed by atoms with Gasteiger partial charge in [-0.05, 0) is 52.3 Å². The maximum Gasteiger partial charge on any atom is 0.131 e. The Morgan fingerprint density at radius 2 is 1.97 bits per heavy atom. The van der Waals surface area contributed by atoms with Gasteiger partial charge in [0.2, 0.25) is 0 Å². The van der Waals surface area contributed by atoms with Crippen molar-refractivity contribution in [1.82, 2.24) is 4.98 Å². The van der Waals surface area contributed by atoms with E-state index in [9.17, 15) is 5.11 Å². The summed E-state index contributed by atoms with van der Waals surface area (Å²) in [5.74, 6) is 1.17. The van der Waals surface area contributed by atoms with Crippen LogP contribution in [0.3, 0.4) is 0 Å². The van der Waals surface area contributed by atoms with E-state index in [4.69, 9.17) is 0 Å². The quantitative estimate of drug-likeness (QED) is 0.280. The van der Waals surface area contributed by atoms with E-state index in [-0.39, 0.29) is 6.04 Å². The molecule has 2 bridgehead atoms. The molecule has 3 aromatic rings. The standard InChI is InChI=1S/C26H28IN2O/c1-2-18-16-29(17-20-7-3-5-9-23(20)27)14-12-19(18)15-25(29)26(30)22-11-13-28-24-10-6-4-8-21(22)24/h2-11,13,18-19,25-26,30H,1,12,14-17H2/q+1/t18-,19-,25+,26-,29-/m0/s1. The summed E-state index contributed by atoms with van der Waals surface area (Å²) >= 11 is 2.45. The lowest BCUT2D eigenvalue weighted by Crippen LogP contribution is -2.67. The molecule has 3 nitrogen and oxygen atoms in total. The molecule has 30 heavy (non-hydrogen) atoms. The summed E-state index contributed by atoms with van der Waals surface area (Å²) in [5, 5.41) is 12.8. The molecule has 3 aliphatic heterocycles. The predicted octanol–water partition coefficient (Wildman–Crippen LogP) is 5.48. The fourth-order valence-electron chi connectivity index (χ4n) is 5.93. The lowest BCUT2D eigenvalue weighted by atomic mass is 9.71. The van der Waals surface area contributed by atoms with E-state index in [1.165, 1.54) is 15.6 Å². The summed E-state index contributed by atoms with van der Waals surface area (Å²) in [6, 6.07) is 19.1. The number of fused-ring (bicyclic) bond motifs is 4. The Kier molecular flexibility index (Phi) is 5.42. The van der Waals surface area contributed by atoms with Crippen molar-refractivity contribution in [3.8, 4) is 0 Å². The molecule has 1 aromatic heterocycles. The highest BCUT2D eigenvalue weighted by molar-refractivity contribution is 14.1. The monoisotopic (exact) mass is 511 g/mol. The molecule has 3 saturated heterocycles. The van der Waals surface area contributed by atoms with Crippen molar-refractivity contribution in [2.24, 2.45) is 11.8 Å². The minimum absolute atomic E-state index is 0.196. The van der Waals surface area contributed by atoms with Gasteiger partial charge in [-0.25, -0.2) is 0 Å². The Morgan fingerprint density at radius 1 is 1.17 bits per heavy atom. The van der Waals surface area contributed by atoms with Gasteiger partial charge < -0.3 is 9.59 Å². The highest BCUT2D eigenvalue weighted by Crippen LogP contribution is 2.48. The molecule has 0 unspecified atom stereocenters. The van der Waals surface area contributed by atoms with Crippen LogP contribution in [0.4, 0.5) is 0 Å². The van der Waals surface area contributed by atoms with Crippen LogP contribution in [0, 0.1) is 15.4 Å². The van der Waals surface area contributed by atoms with E-state index < -0.39 is 6.10 Å². The molecular weight excluding hydrogens is 483 g/mol. The first kappa shape index (κ1) is 20.2. The van der Waals surface area contributed by atoms with E-state index in [2.05, 4.69) is 70.6 Å². The minimum atomic E-state index is -0.493. The van der Waals surface area contributed by atoms with Crippen LogP contribution in [0.5, 0.6) is 0 Å². The SMILES string of the molecule is C=C[C@H]1C[N@+]2(Cc3ccccc3I)CC[C@H]1C[C@@H]2[C@@H](O)c1ccnc2ccccc12. The average molecular weight is 511 g/mol. The lowest BCUT2D eigenvalue weighted by molar-refractivity contribution is -0.985. The van der Waals surface area contributed by atoms with Gasteiger partial charge in [0.25, 0.3) is 0 Å². The highest BCUT2D eigenvalue weighted by Gasteiger charge is 2.54. The van der Waals surface area contributed by atoms with Crippen LogP contribution in [0.1, 0.15) is 30.1 Å². The number of quaternary nitrogens is 1. The van der Waals surface area contributed by atoms with Crippen LogP contribution in [-0.2, 0) is 6.54 Å². The zero-order chi connectivity index (χ0) is 20.7. The number of piperidine rings is 3. The van der Waals surface area contributed by atoms with Gasteiger partial charge in [0.05, 0.1) is 18.6 Å². The molecule has 3 aliphatic rings. The van der Waals surface area contributed by atoms with Gasteiger partial charge in [-0.2, -0.15) is 0 Å². The van der Waals surface area contributed by atoms with E-state index in [0.717, 1.165) is 47.0 Å². The third-order valence-electron chi connectivity index (χ3n) is 7.48. The minimum Gasteiger partial charge on any atom is -0.382 e. The van der Waals surface area contributed by atoms with Gasteiger partial charge in [-0.3, -0.25) is 4.98 Å². The number of hydrogen-bond donors (Lipinski definition) is 1. The van der Waals surface area contributed by atoms with E-state index in [0.29, 0.717) is 11.8 Å². The van der Waals surface area contributed by atoms with E-state index >= 15 is 0 Å². The van der Waals surface area contributed by atoms with Crippen molar-refractivity contribution in [3.05, 3.63) is 88.1 Å². The molecule has 5 atom stereocenters. The number of hydrogen-bond acceptors (Lipinski definition) is 2. The Bertz CT molecular complexity index is 1080. The van der Waals surface area contributed by atoms with Crippen LogP contribution in [0.25, 0.3) is 10.9 Å². The Hall–Kier alpha value is -1.76. The number of aliphatic hydroxyl groups excluding tert-OH is 1. The number of nitrogens with zero attached hydrogens (tertiary/aromatic N) is 2. The predicted molar refractivity (Wildman–Crippen MR) is 130 cm³/mol. The van der Waals surface area contributed by atoms with Crippen molar-refractivity contribution >= 4 is 33.5 Å². The van der Waals surface area contributed by atoms with Gasteiger partial charge in [-0.15, -0.1) is 6.58 Å². The largest absolute Gasteiger partial charge is 0.382 e. The van der Waals surface area contributed by atoms with Crippen LogP contribution >= 0.6 is 22.6 Å². The number of benzene rings is 2. The van der Waals surface area contributed by atoms with Gasteiger partial charge in [-0.1, -0.05) is 42.5 Å². The zero-order valence-electron chi connectivity index (χ0n) is 17.1. The molecule has 0 amide bonds. The Balaban J connectivity index is 1.57. The summed E-state index contributed by atoms with van der Waals surface area (Å²) in [7, 11) is 0. The topological polar surface area (TPSA) is 33.1 Å². The number of aromatic nitrogens is 1. The van der Waals surface area contributed by atoms with Gasteiger partial charge in [0, 0.05) is 39.5 Å². The number of rotatable bonds is 5. The average Bonchev–Trinajstić information content (AvgIpc) is 2.79. The van der Waals surface area contributed by atoms with Gasteiger partial charge in [0.15, 0.2) is 0 Å². The second-order valence-corrected chi connectivity index (χ2v) is 10.1. The molecule has 0 radical (unpaired) electrons. The first-order valence-corrected chi connectivity index (χ1v) is 11.9. The van der Waals surface area contributed by atoms with Crippen molar-refractivity contribution in [2.75, 3.05) is 13.1 Å². The molecule has 0 saturated carbocycles. The Morgan fingerprint density at radius 3 is 2.80 bits per heavy atom. The number of aliphatic hydroxyl groups is 1. The fraction of sp³-hybridized carbons (Fsp3) is 0.346. The van der Waals surface area contributed by atoms with Gasteiger partial charge >= 0.3 is 0 Å². The lowest BCUT2D eigenvalue weighted by Gasteiger charge is -2.58. The second kappa shape index (κ2) is 8.06. The van der Waals surface area contributed by atoms with Crippen molar-refractivity contribution in [2.45, 2.75) is 31.5 Å². The van der Waals surface area contributed by atoms with Crippen LogP contribution in [-0.4, -0.2) is 33.7 Å². The van der Waals surface area contributed by atoms with Gasteiger partial charge in [0.1, 0.15) is 18.7 Å². The number of pyridine rings is 1. The highest BCUT2D eigenvalue weighted by atomic mass is 127. The summed E-state index contributed by atoms with van der Waals surface area (Å²) in [6.07, 6.45) is 5.79. The smallest absolute Gasteiger partial charge is 0.131 e. The summed E-state index contributed by atoms with van der Waals surface area (Å²) in [5.41, 5.74) is 3.37. The molecule has 0 aliphatic carbocycles. The third-order valence-corrected chi connectivity index (χ3v) is 8.54. The summed E-state index contributed by atoms with van der Waals surface area (Å²) in [6.45, 7) is 7.32. The maximum atomic E-state index is 11.8. The maximum absolute atomic E-state index is 11.8. The molecule has 154 valence electrons. The van der Waals surface area contributed by atoms with Crippen LogP contribution in [0.15, 0.2) is 73.4 Å². The first-order valence-electron chi connectivity index (χ1n) is 10.8. The van der Waals surface area contributed by atoms with Crippen molar-refractivity contribution in [1.29, 1.82) is 0 Å². The molecule has 2 aromatic carbocycles. The molecule has 0 spiro atoms. The molecule has 4 heterocycles. The normalized spacial score (nSPS) is 29.1. The van der Waals surface area contributed by atoms with Crippen LogP contribution in [0.2, 0.25) is 0 Å². The van der Waals surface area contributed by atoms with E-state index in [1.54, 1.807) is 0 Å².